The molecule has 1 saturated carbocycles. The second-order valence-corrected chi connectivity index (χ2v) is 10.4. The number of aromatic nitrogens is 1. The molecule has 0 radical (unpaired) electrons. The zero-order valence-corrected chi connectivity index (χ0v) is 18.8. The molecule has 3 aromatic rings. The van der Waals surface area contributed by atoms with E-state index < -0.39 is 11.4 Å². The quantitative estimate of drug-likeness (QED) is 0.505. The van der Waals surface area contributed by atoms with Crippen molar-refractivity contribution in [1.82, 2.24) is 9.29 Å². The molecule has 2 fully saturated rings. The highest BCUT2D eigenvalue weighted by Gasteiger charge is 2.46. The molecule has 0 spiro atoms. The van der Waals surface area contributed by atoms with E-state index in [-0.39, 0.29) is 0 Å². The molecule has 5 nitrogen and oxygen atoms in total. The van der Waals surface area contributed by atoms with Gasteiger partial charge in [-0.3, -0.25) is 4.98 Å². The molecule has 2 heterocycles. The summed E-state index contributed by atoms with van der Waals surface area (Å²) in [6.45, 7) is 2.54. The summed E-state index contributed by atoms with van der Waals surface area (Å²) in [5.41, 5.74) is 4.70. The lowest BCUT2D eigenvalue weighted by molar-refractivity contribution is 0.185. The van der Waals surface area contributed by atoms with Crippen LogP contribution in [0.25, 0.3) is 21.9 Å². The summed E-state index contributed by atoms with van der Waals surface area (Å²) in [7, 11) is 1.73. The molecular formula is C25H30N3O2S+. The smallest absolute Gasteiger partial charge is 0.240 e. The van der Waals surface area contributed by atoms with E-state index in [4.69, 9.17) is 4.74 Å². The Morgan fingerprint density at radius 2 is 1.94 bits per heavy atom. The molecule has 2 aliphatic rings. The van der Waals surface area contributed by atoms with Crippen LogP contribution in [0.4, 0.5) is 5.69 Å². The fourth-order valence-electron chi connectivity index (χ4n) is 4.39. The van der Waals surface area contributed by atoms with Gasteiger partial charge in [-0.1, -0.05) is 22.5 Å². The zero-order valence-electron chi connectivity index (χ0n) is 18.0. The maximum absolute atomic E-state index is 10.5. The molecule has 1 aliphatic carbocycles. The second-order valence-electron chi connectivity index (χ2n) is 8.59. The molecule has 1 atom stereocenters. The molecular weight excluding hydrogens is 406 g/mol. The Bertz CT molecular complexity index is 1050. The Morgan fingerprint density at radius 3 is 2.71 bits per heavy atom. The summed E-state index contributed by atoms with van der Waals surface area (Å²) < 4.78 is 18.1. The van der Waals surface area contributed by atoms with Crippen LogP contribution in [0.1, 0.15) is 31.2 Å². The lowest BCUT2D eigenvalue weighted by atomic mass is 9.98. The predicted octanol–water partition coefficient (Wildman–Crippen LogP) is 5.09. The first kappa shape index (κ1) is 20.8. The van der Waals surface area contributed by atoms with Crippen LogP contribution >= 0.6 is 0 Å². The van der Waals surface area contributed by atoms with Crippen molar-refractivity contribution >= 4 is 27.8 Å². The fourth-order valence-corrected chi connectivity index (χ4v) is 5.95. The Labute approximate surface area is 187 Å². The lowest BCUT2D eigenvalue weighted by Gasteiger charge is -2.29. The highest BCUT2D eigenvalue weighted by Crippen LogP contribution is 2.34. The van der Waals surface area contributed by atoms with Gasteiger partial charge in [-0.05, 0) is 59.2 Å². The molecule has 31 heavy (non-hydrogen) atoms. The van der Waals surface area contributed by atoms with E-state index in [0.717, 1.165) is 37.0 Å². The Hall–Kier alpha value is -2.12. The molecule has 1 aliphatic heterocycles. The van der Waals surface area contributed by atoms with Crippen LogP contribution < -0.4 is 5.32 Å². The Morgan fingerprint density at radius 1 is 1.10 bits per heavy atom. The average Bonchev–Trinajstić information content (AvgIpc) is 3.65. The minimum Gasteiger partial charge on any atom is -0.382 e. The van der Waals surface area contributed by atoms with Gasteiger partial charge in [-0.15, -0.1) is 0 Å². The number of methoxy groups -OCH3 is 1. The summed E-state index contributed by atoms with van der Waals surface area (Å²) in [6, 6.07) is 15.5. The van der Waals surface area contributed by atoms with Gasteiger partial charge < -0.3 is 10.1 Å². The normalized spacial score (nSPS) is 18.9. The standard InChI is InChI=1S/C25H30N3O2S/c1-30-17-18-3-2-4-19(13-18)21-14-20-7-10-26-16-24(20)25(15-21)27-22-8-11-28(12-9-22)31(29)23-5-6-23/h2-4,7,10,13-16,22-23,27,29H,5-6,8-9,11-12,17H2,1H3/q+1. The molecule has 1 saturated heterocycles. The fraction of sp³-hybridized carbons (Fsp3) is 0.400. The van der Waals surface area contributed by atoms with Crippen LogP contribution in [0.5, 0.6) is 0 Å². The van der Waals surface area contributed by atoms with Gasteiger partial charge in [0.05, 0.1) is 6.61 Å². The number of nitrogens with one attached hydrogen (secondary N) is 1. The van der Waals surface area contributed by atoms with Crippen molar-refractivity contribution in [2.75, 3.05) is 25.5 Å². The number of piperidine rings is 1. The number of pyridine rings is 1. The predicted molar refractivity (Wildman–Crippen MR) is 129 cm³/mol. The van der Waals surface area contributed by atoms with E-state index in [9.17, 15) is 4.55 Å². The van der Waals surface area contributed by atoms with E-state index in [0.29, 0.717) is 17.9 Å². The third-order valence-electron chi connectivity index (χ3n) is 6.23. The largest absolute Gasteiger partial charge is 0.382 e. The van der Waals surface area contributed by atoms with Crippen molar-refractivity contribution in [3.05, 3.63) is 60.4 Å². The molecule has 2 N–H and O–H groups in total. The average molecular weight is 437 g/mol. The van der Waals surface area contributed by atoms with E-state index in [1.807, 2.05) is 12.4 Å². The first-order chi connectivity index (χ1) is 15.2. The highest BCUT2D eigenvalue weighted by atomic mass is 32.2. The number of anilines is 1. The van der Waals surface area contributed by atoms with Crippen molar-refractivity contribution in [2.45, 2.75) is 43.6 Å². The van der Waals surface area contributed by atoms with Crippen LogP contribution in [0.3, 0.4) is 0 Å². The minimum atomic E-state index is -0.528. The molecule has 0 amide bonds. The van der Waals surface area contributed by atoms with Gasteiger partial charge >= 0.3 is 0 Å². The van der Waals surface area contributed by atoms with E-state index in [1.165, 1.54) is 34.9 Å². The van der Waals surface area contributed by atoms with Crippen LogP contribution in [-0.2, 0) is 22.7 Å². The summed E-state index contributed by atoms with van der Waals surface area (Å²) in [6.07, 6.45) is 8.29. The topological polar surface area (TPSA) is 57.6 Å². The number of hydrogen-bond donors (Lipinski definition) is 2. The molecule has 162 valence electrons. The number of rotatable bonds is 7. The van der Waals surface area contributed by atoms with Crippen molar-refractivity contribution < 1.29 is 9.29 Å². The van der Waals surface area contributed by atoms with Gasteiger partial charge in [0.2, 0.25) is 11.4 Å². The van der Waals surface area contributed by atoms with Gasteiger partial charge in [0.15, 0.2) is 5.25 Å². The number of benzene rings is 2. The van der Waals surface area contributed by atoms with Crippen LogP contribution in [0.15, 0.2) is 54.9 Å². The Kier molecular flexibility index (Phi) is 6.14. The molecule has 1 unspecified atom stereocenters. The Balaban J connectivity index is 1.38. The maximum Gasteiger partial charge on any atom is 0.240 e. The van der Waals surface area contributed by atoms with Gasteiger partial charge in [0.1, 0.15) is 0 Å². The van der Waals surface area contributed by atoms with Crippen molar-refractivity contribution in [3.8, 4) is 11.1 Å². The third kappa shape index (κ3) is 4.72. The number of ether oxygens (including phenoxy) is 1. The summed E-state index contributed by atoms with van der Waals surface area (Å²) in [5, 5.41) is 6.68. The van der Waals surface area contributed by atoms with Crippen LogP contribution in [0, 0.1) is 0 Å². The van der Waals surface area contributed by atoms with Crippen molar-refractivity contribution in [3.63, 3.8) is 0 Å². The minimum absolute atomic E-state index is 0.408. The van der Waals surface area contributed by atoms with Crippen LogP contribution in [-0.4, -0.2) is 45.3 Å². The number of nitrogens with zero attached hydrogens (tertiary/aromatic N) is 2. The molecule has 1 aromatic heterocycles. The number of fused-ring (bicyclic) bond motifs is 1. The third-order valence-corrected chi connectivity index (χ3v) is 8.19. The first-order valence-electron chi connectivity index (χ1n) is 11.1. The van der Waals surface area contributed by atoms with E-state index in [2.05, 4.69) is 57.1 Å². The number of hydrogen-bond acceptors (Lipinski definition) is 5. The van der Waals surface area contributed by atoms with Gasteiger partial charge in [0.25, 0.3) is 0 Å². The molecule has 5 rings (SSSR count). The molecule has 6 heteroatoms. The summed E-state index contributed by atoms with van der Waals surface area (Å²) in [4.78, 5) is 4.37. The van der Waals surface area contributed by atoms with E-state index >= 15 is 0 Å². The molecule has 0 bridgehead atoms. The van der Waals surface area contributed by atoms with Gasteiger partial charge in [-0.2, -0.15) is 4.55 Å². The maximum atomic E-state index is 10.5. The second kappa shape index (κ2) is 9.17. The van der Waals surface area contributed by atoms with Crippen molar-refractivity contribution in [2.24, 2.45) is 0 Å². The summed E-state index contributed by atoms with van der Waals surface area (Å²) in [5.74, 6) is 0. The van der Waals surface area contributed by atoms with Crippen molar-refractivity contribution in [1.29, 1.82) is 0 Å². The van der Waals surface area contributed by atoms with Crippen LogP contribution in [0.2, 0.25) is 0 Å². The first-order valence-corrected chi connectivity index (χ1v) is 12.3. The SMILES string of the molecule is COCc1cccc(-c2cc(NC3CCN([S+](O)C4CC4)CC3)c3cnccc3c2)c1. The lowest BCUT2D eigenvalue weighted by Crippen LogP contribution is -2.43. The highest BCUT2D eigenvalue weighted by molar-refractivity contribution is 7.90. The van der Waals surface area contributed by atoms with E-state index in [1.54, 1.807) is 7.11 Å². The van der Waals surface area contributed by atoms with Gasteiger partial charge in [-0.25, -0.2) is 0 Å². The molecule has 2 aromatic carbocycles. The van der Waals surface area contributed by atoms with Gasteiger partial charge in [0, 0.05) is 62.6 Å². The monoisotopic (exact) mass is 436 g/mol. The summed E-state index contributed by atoms with van der Waals surface area (Å²) >= 11 is -0.528. The zero-order chi connectivity index (χ0) is 21.2.